The molecule has 0 aromatic rings. The molecule has 18 heavy (non-hydrogen) atoms. The molecule has 1 heterocycles. The second-order valence-electron chi connectivity index (χ2n) is 5.37. The molecule has 1 saturated heterocycles. The molecule has 5 nitrogen and oxygen atoms in total. The highest BCUT2D eigenvalue weighted by Crippen LogP contribution is 2.26. The summed E-state index contributed by atoms with van der Waals surface area (Å²) in [4.78, 5) is 2.07. The molecule has 0 aromatic heterocycles. The fraction of sp³-hybridized carbons (Fsp3) is 0.917. The molecule has 1 N–H and O–H groups in total. The van der Waals surface area contributed by atoms with Gasteiger partial charge in [0.25, 0.3) is 0 Å². The van der Waals surface area contributed by atoms with Crippen molar-refractivity contribution in [3.63, 3.8) is 0 Å². The van der Waals surface area contributed by atoms with Gasteiger partial charge >= 0.3 is 0 Å². The summed E-state index contributed by atoms with van der Waals surface area (Å²) in [6, 6.07) is 0. The van der Waals surface area contributed by atoms with E-state index in [0.717, 1.165) is 18.7 Å². The number of sulfonamides is 1. The summed E-state index contributed by atoms with van der Waals surface area (Å²) in [5.41, 5.74) is 0. The van der Waals surface area contributed by atoms with Crippen LogP contribution in [-0.2, 0) is 10.0 Å². The topological polar surface area (TPSA) is 64.5 Å². The smallest absolute Gasteiger partial charge is 0.211 e. The Morgan fingerprint density at radius 2 is 1.61 bits per heavy atom. The highest BCUT2D eigenvalue weighted by atomic mass is 32.2. The molecular formula is C12H23N3O2S. The van der Waals surface area contributed by atoms with E-state index in [-0.39, 0.29) is 0 Å². The minimum atomic E-state index is -3.06. The molecule has 1 aliphatic carbocycles. The van der Waals surface area contributed by atoms with Crippen molar-refractivity contribution in [2.75, 3.05) is 32.4 Å². The third kappa shape index (κ3) is 3.23. The Hall–Kier alpha value is -0.620. The van der Waals surface area contributed by atoms with Crippen molar-refractivity contribution < 1.29 is 8.42 Å². The highest BCUT2D eigenvalue weighted by molar-refractivity contribution is 7.88. The van der Waals surface area contributed by atoms with Crippen LogP contribution in [0.25, 0.3) is 0 Å². The largest absolute Gasteiger partial charge is 0.358 e. The normalized spacial score (nSPS) is 24.2. The van der Waals surface area contributed by atoms with Crippen LogP contribution in [-0.4, -0.2) is 55.9 Å². The lowest BCUT2D eigenvalue weighted by atomic mass is 9.88. The molecule has 0 bridgehead atoms. The van der Waals surface area contributed by atoms with Crippen molar-refractivity contribution in [3.05, 3.63) is 0 Å². The standard InChI is InChI=1S/C12H23N3O2S/c1-18(16,17)15-9-7-14(8-10-15)12(13)11-5-3-2-4-6-11/h11,13H,2-10H2,1H3. The predicted octanol–water partition coefficient (Wildman–Crippen LogP) is 1.12. The van der Waals surface area contributed by atoms with Crippen LogP contribution in [0, 0.1) is 11.3 Å². The first-order valence-corrected chi connectivity index (χ1v) is 8.62. The van der Waals surface area contributed by atoms with Crippen LogP contribution in [0.4, 0.5) is 0 Å². The Bertz CT molecular complexity index is 394. The Morgan fingerprint density at radius 3 is 2.11 bits per heavy atom. The third-order valence-electron chi connectivity index (χ3n) is 4.04. The summed E-state index contributed by atoms with van der Waals surface area (Å²) in [7, 11) is -3.06. The average molecular weight is 273 g/mol. The number of nitrogens with zero attached hydrogens (tertiary/aromatic N) is 2. The Labute approximate surface area is 110 Å². The van der Waals surface area contributed by atoms with Crippen LogP contribution in [0.5, 0.6) is 0 Å². The summed E-state index contributed by atoms with van der Waals surface area (Å²) in [5.74, 6) is 1.14. The summed E-state index contributed by atoms with van der Waals surface area (Å²) in [6.45, 7) is 2.38. The fourth-order valence-electron chi connectivity index (χ4n) is 2.89. The zero-order chi connectivity index (χ0) is 13.2. The number of hydrogen-bond donors (Lipinski definition) is 1. The van der Waals surface area contributed by atoms with Crippen LogP contribution in [0.1, 0.15) is 32.1 Å². The molecule has 0 spiro atoms. The van der Waals surface area contributed by atoms with Crippen molar-refractivity contribution in [2.45, 2.75) is 32.1 Å². The van der Waals surface area contributed by atoms with E-state index < -0.39 is 10.0 Å². The zero-order valence-corrected chi connectivity index (χ0v) is 11.9. The van der Waals surface area contributed by atoms with Gasteiger partial charge in [-0.2, -0.15) is 4.31 Å². The van der Waals surface area contributed by atoms with E-state index >= 15 is 0 Å². The van der Waals surface area contributed by atoms with Crippen LogP contribution in [0.2, 0.25) is 0 Å². The van der Waals surface area contributed by atoms with Gasteiger partial charge in [-0.15, -0.1) is 0 Å². The van der Waals surface area contributed by atoms with Gasteiger partial charge in [0, 0.05) is 32.1 Å². The molecule has 0 aromatic carbocycles. The first kappa shape index (κ1) is 13.8. The Morgan fingerprint density at radius 1 is 1.06 bits per heavy atom. The van der Waals surface area contributed by atoms with Crippen LogP contribution in [0.3, 0.4) is 0 Å². The molecule has 1 aliphatic heterocycles. The van der Waals surface area contributed by atoms with Crippen LogP contribution >= 0.6 is 0 Å². The van der Waals surface area contributed by atoms with Gasteiger partial charge in [-0.1, -0.05) is 19.3 Å². The van der Waals surface area contributed by atoms with Gasteiger partial charge in [0.2, 0.25) is 10.0 Å². The van der Waals surface area contributed by atoms with E-state index in [1.807, 2.05) is 0 Å². The van der Waals surface area contributed by atoms with Crippen molar-refractivity contribution in [1.29, 1.82) is 5.41 Å². The Kier molecular flexibility index (Phi) is 4.27. The number of nitrogens with one attached hydrogen (secondary N) is 1. The molecule has 2 fully saturated rings. The quantitative estimate of drug-likeness (QED) is 0.606. The lowest BCUT2D eigenvalue weighted by Gasteiger charge is -2.37. The number of amidine groups is 1. The van der Waals surface area contributed by atoms with Crippen molar-refractivity contribution in [2.24, 2.45) is 5.92 Å². The van der Waals surface area contributed by atoms with Crippen molar-refractivity contribution in [3.8, 4) is 0 Å². The maximum Gasteiger partial charge on any atom is 0.211 e. The van der Waals surface area contributed by atoms with E-state index in [0.29, 0.717) is 32.1 Å². The van der Waals surface area contributed by atoms with Gasteiger partial charge in [-0.05, 0) is 12.8 Å². The van der Waals surface area contributed by atoms with Crippen molar-refractivity contribution >= 4 is 15.9 Å². The van der Waals surface area contributed by atoms with E-state index in [9.17, 15) is 8.42 Å². The lowest BCUT2D eigenvalue weighted by molar-refractivity contribution is 0.251. The molecule has 0 atom stereocenters. The first-order valence-electron chi connectivity index (χ1n) is 6.77. The lowest BCUT2D eigenvalue weighted by Crippen LogP contribution is -2.51. The molecule has 2 aliphatic rings. The molecule has 2 rings (SSSR count). The highest BCUT2D eigenvalue weighted by Gasteiger charge is 2.28. The van der Waals surface area contributed by atoms with Gasteiger partial charge in [-0.25, -0.2) is 8.42 Å². The van der Waals surface area contributed by atoms with Gasteiger partial charge in [0.15, 0.2) is 0 Å². The number of piperazine rings is 1. The van der Waals surface area contributed by atoms with Crippen LogP contribution in [0.15, 0.2) is 0 Å². The van der Waals surface area contributed by atoms with E-state index in [1.54, 1.807) is 0 Å². The molecule has 6 heteroatoms. The Balaban J connectivity index is 1.87. The van der Waals surface area contributed by atoms with Gasteiger partial charge < -0.3 is 4.90 Å². The average Bonchev–Trinajstić information content (AvgIpc) is 2.38. The second-order valence-corrected chi connectivity index (χ2v) is 7.35. The van der Waals surface area contributed by atoms with Crippen molar-refractivity contribution in [1.82, 2.24) is 9.21 Å². The SMILES string of the molecule is CS(=O)(=O)N1CCN(C(=N)C2CCCCC2)CC1. The number of hydrogen-bond acceptors (Lipinski definition) is 3. The van der Waals surface area contributed by atoms with Gasteiger partial charge in [0.1, 0.15) is 0 Å². The predicted molar refractivity (Wildman–Crippen MR) is 72.3 cm³/mol. The molecular weight excluding hydrogens is 250 g/mol. The van der Waals surface area contributed by atoms with E-state index in [1.165, 1.54) is 29.8 Å². The third-order valence-corrected chi connectivity index (χ3v) is 5.34. The molecule has 104 valence electrons. The van der Waals surface area contributed by atoms with E-state index in [4.69, 9.17) is 5.41 Å². The fourth-order valence-corrected chi connectivity index (χ4v) is 3.72. The minimum Gasteiger partial charge on any atom is -0.358 e. The molecule has 0 unspecified atom stereocenters. The summed E-state index contributed by atoms with van der Waals surface area (Å²) in [5, 5.41) is 8.26. The summed E-state index contributed by atoms with van der Waals surface area (Å²) >= 11 is 0. The second kappa shape index (κ2) is 5.57. The molecule has 1 saturated carbocycles. The monoisotopic (exact) mass is 273 g/mol. The number of rotatable bonds is 2. The first-order chi connectivity index (χ1) is 8.48. The van der Waals surface area contributed by atoms with Gasteiger partial charge in [-0.3, -0.25) is 5.41 Å². The summed E-state index contributed by atoms with van der Waals surface area (Å²) < 4.78 is 24.3. The molecule has 0 radical (unpaired) electrons. The summed E-state index contributed by atoms with van der Waals surface area (Å²) in [6.07, 6.45) is 7.28. The van der Waals surface area contributed by atoms with Crippen LogP contribution < -0.4 is 0 Å². The van der Waals surface area contributed by atoms with E-state index in [2.05, 4.69) is 4.90 Å². The minimum absolute atomic E-state index is 0.406. The maximum absolute atomic E-state index is 11.4. The maximum atomic E-state index is 11.4. The zero-order valence-electron chi connectivity index (χ0n) is 11.1. The van der Waals surface area contributed by atoms with Gasteiger partial charge in [0.05, 0.1) is 12.1 Å². The molecule has 0 amide bonds.